The van der Waals surface area contributed by atoms with E-state index in [4.69, 9.17) is 9.47 Å². The molecule has 1 saturated heterocycles. The van der Waals surface area contributed by atoms with Gasteiger partial charge in [-0.2, -0.15) is 0 Å². The van der Waals surface area contributed by atoms with Gasteiger partial charge in [0.25, 0.3) is 0 Å². The Balaban J connectivity index is 1.96. The summed E-state index contributed by atoms with van der Waals surface area (Å²) in [5.41, 5.74) is 1.48. The highest BCUT2D eigenvalue weighted by Gasteiger charge is 2.77. The van der Waals surface area contributed by atoms with Gasteiger partial charge >= 0.3 is 5.97 Å². The molecule has 0 N–H and O–H groups in total. The molecule has 18 heavy (non-hydrogen) atoms. The Hall–Kier alpha value is -1.35. The van der Waals surface area contributed by atoms with Gasteiger partial charge < -0.3 is 9.47 Å². The van der Waals surface area contributed by atoms with E-state index in [-0.39, 0.29) is 17.5 Å². The van der Waals surface area contributed by atoms with Crippen LogP contribution in [0.5, 0.6) is 0 Å². The van der Waals surface area contributed by atoms with Gasteiger partial charge in [-0.05, 0) is 17.0 Å². The van der Waals surface area contributed by atoms with Crippen molar-refractivity contribution in [3.05, 3.63) is 35.4 Å². The highest BCUT2D eigenvalue weighted by atomic mass is 16.7. The molecule has 0 saturated carbocycles. The summed E-state index contributed by atoms with van der Waals surface area (Å²) in [6.07, 6.45) is 1.63. The van der Waals surface area contributed by atoms with Crippen molar-refractivity contribution < 1.29 is 14.3 Å². The molecule has 3 nitrogen and oxygen atoms in total. The van der Waals surface area contributed by atoms with Crippen molar-refractivity contribution in [2.45, 2.75) is 37.9 Å². The third-order valence-electron chi connectivity index (χ3n) is 4.36. The Morgan fingerprint density at radius 1 is 1.28 bits per heavy atom. The van der Waals surface area contributed by atoms with Crippen LogP contribution in [0.1, 0.15) is 25.0 Å². The summed E-state index contributed by atoms with van der Waals surface area (Å²) in [6.45, 7) is 4.04. The summed E-state index contributed by atoms with van der Waals surface area (Å²) in [5, 5.41) is 0. The van der Waals surface area contributed by atoms with Crippen molar-refractivity contribution in [1.82, 2.24) is 0 Å². The maximum absolute atomic E-state index is 12.1. The number of fused-ring (bicyclic) bond motifs is 1. The quantitative estimate of drug-likeness (QED) is 0.592. The molecule has 1 fully saturated rings. The first-order chi connectivity index (χ1) is 8.56. The van der Waals surface area contributed by atoms with Gasteiger partial charge in [-0.1, -0.05) is 38.1 Å². The third-order valence-corrected chi connectivity index (χ3v) is 4.36. The predicted octanol–water partition coefficient (Wildman–Crippen LogP) is 2.12. The van der Waals surface area contributed by atoms with Crippen LogP contribution >= 0.6 is 0 Å². The Morgan fingerprint density at radius 3 is 2.28 bits per heavy atom. The minimum Gasteiger partial charge on any atom is -0.467 e. The minimum atomic E-state index is -0.749. The number of methoxy groups -OCH3 is 1. The number of hydrogen-bond acceptors (Lipinski definition) is 3. The molecule has 1 heterocycles. The van der Waals surface area contributed by atoms with E-state index in [1.165, 1.54) is 18.2 Å². The lowest BCUT2D eigenvalue weighted by Gasteiger charge is -2.17. The van der Waals surface area contributed by atoms with Gasteiger partial charge in [0.05, 0.1) is 7.11 Å². The summed E-state index contributed by atoms with van der Waals surface area (Å²) in [6, 6.07) is 8.31. The van der Waals surface area contributed by atoms with Crippen LogP contribution in [0, 0.1) is 5.92 Å². The number of carbonyl (C=O) groups excluding carboxylic acids is 1. The number of benzene rings is 1. The molecule has 0 radical (unpaired) electrons. The second-order valence-corrected chi connectivity index (χ2v) is 5.60. The van der Waals surface area contributed by atoms with Crippen LogP contribution in [0.15, 0.2) is 24.3 Å². The van der Waals surface area contributed by atoms with Crippen molar-refractivity contribution in [2.75, 3.05) is 7.11 Å². The van der Waals surface area contributed by atoms with Crippen molar-refractivity contribution in [3.8, 4) is 0 Å². The summed E-state index contributed by atoms with van der Waals surface area (Å²) in [7, 11) is 1.43. The summed E-state index contributed by atoms with van der Waals surface area (Å²) >= 11 is 0. The zero-order valence-corrected chi connectivity index (χ0v) is 11.0. The summed E-state index contributed by atoms with van der Waals surface area (Å²) in [5.74, 6) is -0.107. The molecule has 3 heteroatoms. The molecule has 1 atom stereocenters. The van der Waals surface area contributed by atoms with E-state index in [2.05, 4.69) is 12.1 Å². The van der Waals surface area contributed by atoms with Gasteiger partial charge in [0.15, 0.2) is 5.60 Å². The normalized spacial score (nSPS) is 27.3. The summed E-state index contributed by atoms with van der Waals surface area (Å²) in [4.78, 5) is 12.1. The van der Waals surface area contributed by atoms with E-state index < -0.39 is 5.60 Å². The molecule has 0 bridgehead atoms. The van der Waals surface area contributed by atoms with Crippen molar-refractivity contribution in [2.24, 2.45) is 5.92 Å². The van der Waals surface area contributed by atoms with Gasteiger partial charge in [-0.15, -0.1) is 0 Å². The van der Waals surface area contributed by atoms with E-state index in [1.807, 2.05) is 26.0 Å². The minimum absolute atomic E-state index is 0.124. The highest BCUT2D eigenvalue weighted by molar-refractivity contribution is 5.86. The van der Waals surface area contributed by atoms with Gasteiger partial charge in [-0.25, -0.2) is 4.79 Å². The molecule has 1 aromatic rings. The molecule has 1 aliphatic carbocycles. The van der Waals surface area contributed by atoms with Crippen molar-refractivity contribution in [3.63, 3.8) is 0 Å². The van der Waals surface area contributed by atoms with Crippen LogP contribution in [0.25, 0.3) is 0 Å². The lowest BCUT2D eigenvalue weighted by atomic mass is 9.81. The monoisotopic (exact) mass is 246 g/mol. The maximum Gasteiger partial charge on any atom is 0.341 e. The molecule has 1 aliphatic heterocycles. The fourth-order valence-corrected chi connectivity index (χ4v) is 3.46. The number of esters is 1. The number of epoxide rings is 1. The molecule has 0 amide bonds. The van der Waals surface area contributed by atoms with Crippen LogP contribution in [0.2, 0.25) is 0 Å². The average molecular weight is 246 g/mol. The second kappa shape index (κ2) is 3.58. The molecule has 1 aromatic carbocycles. The highest BCUT2D eigenvalue weighted by Crippen LogP contribution is 2.60. The van der Waals surface area contributed by atoms with Gasteiger partial charge in [0.1, 0.15) is 5.60 Å². The van der Waals surface area contributed by atoms with Gasteiger partial charge in [0.2, 0.25) is 0 Å². The zero-order valence-electron chi connectivity index (χ0n) is 11.0. The molecule has 2 aliphatic rings. The Kier molecular flexibility index (Phi) is 2.33. The van der Waals surface area contributed by atoms with Crippen molar-refractivity contribution in [1.29, 1.82) is 0 Å². The third kappa shape index (κ3) is 1.25. The lowest BCUT2D eigenvalue weighted by Crippen LogP contribution is -2.40. The fraction of sp³-hybridized carbons (Fsp3) is 0.533. The SMILES string of the molecule is COC(=O)C1(C(C)C)OC12Cc1ccccc1C2. The Bertz CT molecular complexity index is 481. The molecule has 1 unspecified atom stereocenters. The molecular formula is C15H18O3. The van der Waals surface area contributed by atoms with Crippen LogP contribution in [0.4, 0.5) is 0 Å². The maximum atomic E-state index is 12.1. The second-order valence-electron chi connectivity index (χ2n) is 5.60. The number of carbonyl (C=O) groups is 1. The van der Waals surface area contributed by atoms with E-state index >= 15 is 0 Å². The smallest absolute Gasteiger partial charge is 0.341 e. The van der Waals surface area contributed by atoms with E-state index in [1.54, 1.807) is 0 Å². The number of hydrogen-bond donors (Lipinski definition) is 0. The van der Waals surface area contributed by atoms with Gasteiger partial charge in [-0.3, -0.25) is 0 Å². The van der Waals surface area contributed by atoms with Crippen LogP contribution < -0.4 is 0 Å². The predicted molar refractivity (Wildman–Crippen MR) is 67.3 cm³/mol. The van der Waals surface area contributed by atoms with E-state index in [9.17, 15) is 4.79 Å². The van der Waals surface area contributed by atoms with Gasteiger partial charge in [0, 0.05) is 12.8 Å². The zero-order chi connectivity index (χ0) is 13.0. The number of ether oxygens (including phenoxy) is 2. The standard InChI is InChI=1S/C15H18O3/c1-10(2)15(13(16)17-3)14(18-15)8-11-6-4-5-7-12(11)9-14/h4-7,10H,8-9H2,1-3H3. The molecular weight excluding hydrogens is 228 g/mol. The molecule has 0 aromatic heterocycles. The molecule has 96 valence electrons. The molecule has 3 rings (SSSR count). The summed E-state index contributed by atoms with van der Waals surface area (Å²) < 4.78 is 10.9. The average Bonchev–Trinajstić information content (AvgIpc) is 2.83. The van der Waals surface area contributed by atoms with Crippen molar-refractivity contribution >= 4 is 5.97 Å². The number of rotatable bonds is 2. The first-order valence-electron chi connectivity index (χ1n) is 6.41. The first kappa shape index (κ1) is 11.7. The van der Waals surface area contributed by atoms with E-state index in [0.29, 0.717) is 0 Å². The van der Waals surface area contributed by atoms with Crippen LogP contribution in [0.3, 0.4) is 0 Å². The Labute approximate surface area is 107 Å². The topological polar surface area (TPSA) is 38.8 Å². The largest absolute Gasteiger partial charge is 0.467 e. The molecule has 1 spiro atoms. The van der Waals surface area contributed by atoms with Crippen LogP contribution in [-0.2, 0) is 27.1 Å². The first-order valence-corrected chi connectivity index (χ1v) is 6.41. The Morgan fingerprint density at radius 2 is 1.83 bits per heavy atom. The van der Waals surface area contributed by atoms with Crippen LogP contribution in [-0.4, -0.2) is 24.3 Å². The van der Waals surface area contributed by atoms with E-state index in [0.717, 1.165) is 12.8 Å². The lowest BCUT2D eigenvalue weighted by molar-refractivity contribution is -0.148. The fourth-order valence-electron chi connectivity index (χ4n) is 3.46.